The summed E-state index contributed by atoms with van der Waals surface area (Å²) in [5.74, 6) is 0.105. The molecule has 1 amide bonds. The van der Waals surface area contributed by atoms with Crippen LogP contribution in [0.5, 0.6) is 0 Å². The molecule has 0 saturated heterocycles. The van der Waals surface area contributed by atoms with Crippen LogP contribution >= 0.6 is 0 Å². The van der Waals surface area contributed by atoms with E-state index in [0.29, 0.717) is 6.42 Å². The van der Waals surface area contributed by atoms with Gasteiger partial charge in [-0.2, -0.15) is 0 Å². The highest BCUT2D eigenvalue weighted by Crippen LogP contribution is 2.25. The summed E-state index contributed by atoms with van der Waals surface area (Å²) in [4.78, 5) is 11.3. The predicted molar refractivity (Wildman–Crippen MR) is 74.8 cm³/mol. The summed E-state index contributed by atoms with van der Waals surface area (Å²) in [5, 5.41) is 6.25. The molecule has 0 spiro atoms. The maximum Gasteiger partial charge on any atom is 0.224 e. The molecule has 0 saturated carbocycles. The van der Waals surface area contributed by atoms with Crippen LogP contribution in [0.15, 0.2) is 18.2 Å². The number of aryl methyl sites for hydroxylation is 1. The van der Waals surface area contributed by atoms with E-state index in [-0.39, 0.29) is 11.4 Å². The van der Waals surface area contributed by atoms with Gasteiger partial charge in [-0.05, 0) is 50.5 Å². The molecule has 1 aromatic rings. The van der Waals surface area contributed by atoms with Crippen LogP contribution in [0.4, 0.5) is 11.4 Å². The van der Waals surface area contributed by atoms with Gasteiger partial charge in [0.1, 0.15) is 0 Å². The lowest BCUT2D eigenvalue weighted by Crippen LogP contribution is -2.34. The molecule has 2 rings (SSSR count). The van der Waals surface area contributed by atoms with Gasteiger partial charge in [-0.15, -0.1) is 0 Å². The minimum atomic E-state index is -0.144. The molecule has 4 nitrogen and oxygen atoms in total. The molecule has 1 heterocycles. The summed E-state index contributed by atoms with van der Waals surface area (Å²) in [6.45, 7) is 4.91. The average Bonchev–Trinajstić information content (AvgIpc) is 2.27. The zero-order chi connectivity index (χ0) is 13.2. The largest absolute Gasteiger partial charge is 0.385 e. The molecule has 4 heteroatoms. The van der Waals surface area contributed by atoms with E-state index in [4.69, 9.17) is 5.73 Å². The van der Waals surface area contributed by atoms with E-state index in [1.807, 2.05) is 26.0 Å². The summed E-state index contributed by atoms with van der Waals surface area (Å²) in [6, 6.07) is 6.06. The Morgan fingerprint density at radius 2 is 2.17 bits per heavy atom. The van der Waals surface area contributed by atoms with E-state index in [9.17, 15) is 4.79 Å². The van der Waals surface area contributed by atoms with E-state index >= 15 is 0 Å². The van der Waals surface area contributed by atoms with E-state index in [0.717, 1.165) is 30.8 Å². The second-order valence-corrected chi connectivity index (χ2v) is 5.59. The third-order valence-corrected chi connectivity index (χ3v) is 3.10. The standard InChI is InChI=1S/C14H21N3O/c1-14(2,15)7-8-16-11-4-5-12-10(9-11)3-6-13(18)17-12/h4-5,9,16H,3,6-8,15H2,1-2H3,(H,17,18). The Labute approximate surface area is 108 Å². The Morgan fingerprint density at radius 3 is 2.89 bits per heavy atom. The zero-order valence-electron chi connectivity index (χ0n) is 11.0. The van der Waals surface area contributed by atoms with Gasteiger partial charge in [0.05, 0.1) is 0 Å². The van der Waals surface area contributed by atoms with Gasteiger partial charge < -0.3 is 16.4 Å². The van der Waals surface area contributed by atoms with Crippen molar-refractivity contribution < 1.29 is 4.79 Å². The molecule has 0 aliphatic carbocycles. The van der Waals surface area contributed by atoms with Crippen LogP contribution in [0.2, 0.25) is 0 Å². The summed E-state index contributed by atoms with van der Waals surface area (Å²) in [6.07, 6.45) is 2.31. The molecule has 0 bridgehead atoms. The molecule has 4 N–H and O–H groups in total. The number of carbonyl (C=O) groups excluding carboxylic acids is 1. The van der Waals surface area contributed by atoms with Crippen molar-refractivity contribution in [1.82, 2.24) is 0 Å². The number of rotatable bonds is 4. The summed E-state index contributed by atoms with van der Waals surface area (Å²) < 4.78 is 0. The van der Waals surface area contributed by atoms with Crippen molar-refractivity contribution in [2.75, 3.05) is 17.2 Å². The minimum Gasteiger partial charge on any atom is -0.385 e. The molecular weight excluding hydrogens is 226 g/mol. The maximum absolute atomic E-state index is 11.3. The Kier molecular flexibility index (Phi) is 3.57. The first-order valence-corrected chi connectivity index (χ1v) is 6.40. The number of hydrogen-bond donors (Lipinski definition) is 3. The van der Waals surface area contributed by atoms with Crippen molar-refractivity contribution in [2.45, 2.75) is 38.6 Å². The Morgan fingerprint density at radius 1 is 1.39 bits per heavy atom. The topological polar surface area (TPSA) is 67.1 Å². The fourth-order valence-electron chi connectivity index (χ4n) is 2.02. The van der Waals surface area contributed by atoms with Crippen LogP contribution < -0.4 is 16.4 Å². The number of anilines is 2. The van der Waals surface area contributed by atoms with Crippen LogP contribution in [0.3, 0.4) is 0 Å². The predicted octanol–water partition coefficient (Wildman–Crippen LogP) is 2.11. The second-order valence-electron chi connectivity index (χ2n) is 5.59. The number of benzene rings is 1. The summed E-state index contributed by atoms with van der Waals surface area (Å²) in [7, 11) is 0. The Balaban J connectivity index is 1.97. The van der Waals surface area contributed by atoms with Crippen LogP contribution in [0.25, 0.3) is 0 Å². The van der Waals surface area contributed by atoms with Gasteiger partial charge >= 0.3 is 0 Å². The number of carbonyl (C=O) groups is 1. The van der Waals surface area contributed by atoms with Gasteiger partial charge in [0.2, 0.25) is 5.91 Å². The third-order valence-electron chi connectivity index (χ3n) is 3.10. The highest BCUT2D eigenvalue weighted by atomic mass is 16.1. The number of hydrogen-bond acceptors (Lipinski definition) is 3. The van der Waals surface area contributed by atoms with E-state index in [1.54, 1.807) is 0 Å². The lowest BCUT2D eigenvalue weighted by molar-refractivity contribution is -0.116. The summed E-state index contributed by atoms with van der Waals surface area (Å²) >= 11 is 0. The molecule has 1 aliphatic heterocycles. The highest BCUT2D eigenvalue weighted by molar-refractivity contribution is 5.94. The van der Waals surface area contributed by atoms with Gasteiger partial charge in [0, 0.05) is 29.9 Å². The van der Waals surface area contributed by atoms with Gasteiger partial charge in [0.15, 0.2) is 0 Å². The zero-order valence-corrected chi connectivity index (χ0v) is 11.0. The molecule has 0 aromatic heterocycles. The first kappa shape index (κ1) is 12.9. The monoisotopic (exact) mass is 247 g/mol. The Hall–Kier alpha value is -1.55. The highest BCUT2D eigenvalue weighted by Gasteiger charge is 2.15. The van der Waals surface area contributed by atoms with Crippen molar-refractivity contribution in [2.24, 2.45) is 5.73 Å². The van der Waals surface area contributed by atoms with Gasteiger partial charge in [0.25, 0.3) is 0 Å². The van der Waals surface area contributed by atoms with Gasteiger partial charge in [-0.25, -0.2) is 0 Å². The molecular formula is C14H21N3O. The van der Waals surface area contributed by atoms with E-state index < -0.39 is 0 Å². The summed E-state index contributed by atoms with van der Waals surface area (Å²) in [5.41, 5.74) is 9.03. The van der Waals surface area contributed by atoms with Crippen molar-refractivity contribution in [3.8, 4) is 0 Å². The quantitative estimate of drug-likeness (QED) is 0.763. The third kappa shape index (κ3) is 3.47. The lowest BCUT2D eigenvalue weighted by Gasteiger charge is -2.20. The molecule has 0 atom stereocenters. The van der Waals surface area contributed by atoms with Gasteiger partial charge in [-0.3, -0.25) is 4.79 Å². The number of fused-ring (bicyclic) bond motifs is 1. The molecule has 1 aliphatic rings. The fourth-order valence-corrected chi connectivity index (χ4v) is 2.02. The number of amides is 1. The Bertz CT molecular complexity index is 449. The molecule has 0 fully saturated rings. The van der Waals surface area contributed by atoms with Crippen LogP contribution in [-0.2, 0) is 11.2 Å². The molecule has 98 valence electrons. The molecule has 1 aromatic carbocycles. The maximum atomic E-state index is 11.3. The van der Waals surface area contributed by atoms with Crippen LogP contribution in [0.1, 0.15) is 32.3 Å². The second kappa shape index (κ2) is 4.98. The number of nitrogens with one attached hydrogen (secondary N) is 2. The first-order chi connectivity index (χ1) is 8.44. The van der Waals surface area contributed by atoms with Crippen molar-refractivity contribution in [3.05, 3.63) is 23.8 Å². The van der Waals surface area contributed by atoms with Gasteiger partial charge in [-0.1, -0.05) is 0 Å². The fraction of sp³-hybridized carbons (Fsp3) is 0.500. The lowest BCUT2D eigenvalue weighted by atomic mass is 10.0. The first-order valence-electron chi connectivity index (χ1n) is 6.40. The van der Waals surface area contributed by atoms with Crippen LogP contribution in [-0.4, -0.2) is 18.0 Å². The molecule has 18 heavy (non-hydrogen) atoms. The smallest absolute Gasteiger partial charge is 0.224 e. The van der Waals surface area contributed by atoms with Crippen molar-refractivity contribution in [1.29, 1.82) is 0 Å². The van der Waals surface area contributed by atoms with E-state index in [1.165, 1.54) is 5.56 Å². The van der Waals surface area contributed by atoms with Crippen molar-refractivity contribution in [3.63, 3.8) is 0 Å². The van der Waals surface area contributed by atoms with Crippen LogP contribution in [0, 0.1) is 0 Å². The molecule has 0 radical (unpaired) electrons. The minimum absolute atomic E-state index is 0.105. The normalized spacial score (nSPS) is 14.9. The number of nitrogens with two attached hydrogens (primary N) is 1. The van der Waals surface area contributed by atoms with E-state index in [2.05, 4.69) is 16.7 Å². The average molecular weight is 247 g/mol. The SMILES string of the molecule is CC(C)(N)CCNc1ccc2c(c1)CCC(=O)N2. The van der Waals surface area contributed by atoms with Crippen molar-refractivity contribution >= 4 is 17.3 Å². The molecule has 0 unspecified atom stereocenters.